The van der Waals surface area contributed by atoms with E-state index in [9.17, 15) is 4.79 Å². The largest absolute Gasteiger partial charge is 0.485 e. The van der Waals surface area contributed by atoms with Gasteiger partial charge in [-0.25, -0.2) is 0 Å². The number of hydrogen-bond acceptors (Lipinski definition) is 2. The minimum absolute atomic E-state index is 0.0153. The van der Waals surface area contributed by atoms with Gasteiger partial charge in [-0.15, -0.1) is 0 Å². The van der Waals surface area contributed by atoms with E-state index in [-0.39, 0.29) is 17.8 Å². The van der Waals surface area contributed by atoms with Gasteiger partial charge in [0.15, 0.2) is 6.61 Å². The molecule has 2 aromatic rings. The summed E-state index contributed by atoms with van der Waals surface area (Å²) in [6.07, 6.45) is 0. The summed E-state index contributed by atoms with van der Waals surface area (Å²) in [6, 6.07) is 14.8. The Balaban J connectivity index is 2.00. The number of Topliss-reactive ketones (excluding diaryl/α,β-unsaturated/α-hetero) is 1. The van der Waals surface area contributed by atoms with Gasteiger partial charge < -0.3 is 4.74 Å². The van der Waals surface area contributed by atoms with Crippen LogP contribution in [0.5, 0.6) is 5.75 Å². The lowest BCUT2D eigenvalue weighted by Gasteiger charge is -2.19. The summed E-state index contributed by atoms with van der Waals surface area (Å²) in [6.45, 7) is 6.45. The van der Waals surface area contributed by atoms with Crippen LogP contribution in [-0.4, -0.2) is 12.4 Å². The zero-order chi connectivity index (χ0) is 15.5. The van der Waals surface area contributed by atoms with Crippen molar-refractivity contribution in [2.24, 2.45) is 0 Å². The monoisotopic (exact) mass is 302 g/mol. The van der Waals surface area contributed by atoms with Crippen molar-refractivity contribution < 1.29 is 9.53 Å². The SMILES string of the molecule is CC(C)(C)c1ccc(OCC(=O)c2ccccc2Cl)cc1. The van der Waals surface area contributed by atoms with Gasteiger partial charge in [-0.2, -0.15) is 0 Å². The third kappa shape index (κ3) is 4.08. The Morgan fingerprint density at radius 1 is 1.05 bits per heavy atom. The number of carbonyl (C=O) groups is 1. The first-order valence-corrected chi connectivity index (χ1v) is 7.27. The van der Waals surface area contributed by atoms with Crippen LogP contribution in [0.15, 0.2) is 48.5 Å². The lowest BCUT2D eigenvalue weighted by Crippen LogP contribution is -2.13. The third-order valence-electron chi connectivity index (χ3n) is 3.26. The molecule has 0 bridgehead atoms. The number of benzene rings is 2. The predicted molar refractivity (Wildman–Crippen MR) is 86.4 cm³/mol. The molecule has 0 radical (unpaired) electrons. The van der Waals surface area contributed by atoms with Crippen LogP contribution in [0, 0.1) is 0 Å². The van der Waals surface area contributed by atoms with Crippen molar-refractivity contribution in [1.29, 1.82) is 0 Å². The normalized spacial score (nSPS) is 11.2. The molecule has 0 fully saturated rings. The third-order valence-corrected chi connectivity index (χ3v) is 3.59. The molecule has 3 heteroatoms. The maximum atomic E-state index is 12.1. The summed E-state index contributed by atoms with van der Waals surface area (Å²) in [4.78, 5) is 12.1. The number of hydrogen-bond donors (Lipinski definition) is 0. The number of rotatable bonds is 4. The molecule has 0 saturated carbocycles. The molecular weight excluding hydrogens is 284 g/mol. The van der Waals surface area contributed by atoms with Crippen LogP contribution in [0.2, 0.25) is 5.02 Å². The summed E-state index contributed by atoms with van der Waals surface area (Å²) in [5, 5.41) is 0.453. The fraction of sp³-hybridized carbons (Fsp3) is 0.278. The van der Waals surface area contributed by atoms with Crippen LogP contribution in [0.4, 0.5) is 0 Å². The van der Waals surface area contributed by atoms with Crippen molar-refractivity contribution in [2.45, 2.75) is 26.2 Å². The molecule has 2 rings (SSSR count). The highest BCUT2D eigenvalue weighted by Crippen LogP contribution is 2.24. The van der Waals surface area contributed by atoms with Crippen LogP contribution in [0.1, 0.15) is 36.7 Å². The van der Waals surface area contributed by atoms with E-state index in [0.29, 0.717) is 16.3 Å². The summed E-state index contributed by atoms with van der Waals surface area (Å²) in [7, 11) is 0. The second kappa shape index (κ2) is 6.31. The van der Waals surface area contributed by atoms with Gasteiger partial charge in [0.05, 0.1) is 5.02 Å². The molecule has 0 heterocycles. The minimum atomic E-state index is -0.125. The molecule has 110 valence electrons. The van der Waals surface area contributed by atoms with Crippen LogP contribution >= 0.6 is 11.6 Å². The lowest BCUT2D eigenvalue weighted by atomic mass is 9.87. The van der Waals surface area contributed by atoms with Crippen molar-refractivity contribution in [1.82, 2.24) is 0 Å². The van der Waals surface area contributed by atoms with E-state index in [1.165, 1.54) is 5.56 Å². The zero-order valence-corrected chi connectivity index (χ0v) is 13.3. The smallest absolute Gasteiger partial charge is 0.201 e. The van der Waals surface area contributed by atoms with Crippen molar-refractivity contribution in [2.75, 3.05) is 6.61 Å². The average Bonchev–Trinajstić information content (AvgIpc) is 2.45. The zero-order valence-electron chi connectivity index (χ0n) is 12.5. The molecule has 0 atom stereocenters. The van der Waals surface area contributed by atoms with Gasteiger partial charge in [-0.1, -0.05) is 56.6 Å². The van der Waals surface area contributed by atoms with Crippen molar-refractivity contribution in [3.8, 4) is 5.75 Å². The Bertz CT molecular complexity index is 624. The van der Waals surface area contributed by atoms with E-state index < -0.39 is 0 Å². The molecule has 0 amide bonds. The fourth-order valence-corrected chi connectivity index (χ4v) is 2.21. The molecule has 2 aromatic carbocycles. The Morgan fingerprint density at radius 3 is 2.24 bits per heavy atom. The van der Waals surface area contributed by atoms with Gasteiger partial charge in [0, 0.05) is 5.56 Å². The Kier molecular flexibility index (Phi) is 4.69. The predicted octanol–water partition coefficient (Wildman–Crippen LogP) is 4.90. The molecule has 21 heavy (non-hydrogen) atoms. The van der Waals surface area contributed by atoms with Gasteiger partial charge in [-0.3, -0.25) is 4.79 Å². The molecule has 0 aliphatic heterocycles. The first-order valence-electron chi connectivity index (χ1n) is 6.89. The Morgan fingerprint density at radius 2 is 1.67 bits per heavy atom. The van der Waals surface area contributed by atoms with Crippen molar-refractivity contribution in [3.05, 3.63) is 64.7 Å². The van der Waals surface area contributed by atoms with Gasteiger partial charge in [0.2, 0.25) is 5.78 Å². The highest BCUT2D eigenvalue weighted by Gasteiger charge is 2.14. The number of halogens is 1. The number of ketones is 1. The van der Waals surface area contributed by atoms with E-state index in [4.69, 9.17) is 16.3 Å². The summed E-state index contributed by atoms with van der Waals surface area (Å²) >= 11 is 6.00. The van der Waals surface area contributed by atoms with Gasteiger partial charge >= 0.3 is 0 Å². The number of carbonyl (C=O) groups excluding carboxylic acids is 1. The van der Waals surface area contributed by atoms with Crippen LogP contribution in [0.25, 0.3) is 0 Å². The standard InChI is InChI=1S/C18H19ClO2/c1-18(2,3)13-8-10-14(11-9-13)21-12-17(20)15-6-4-5-7-16(15)19/h4-11H,12H2,1-3H3. The first kappa shape index (κ1) is 15.6. The first-order chi connectivity index (χ1) is 9.88. The van der Waals surface area contributed by atoms with Gasteiger partial charge in [-0.05, 0) is 35.2 Å². The molecule has 0 aliphatic carbocycles. The molecule has 2 nitrogen and oxygen atoms in total. The molecular formula is C18H19ClO2. The van der Waals surface area contributed by atoms with Gasteiger partial charge in [0.1, 0.15) is 5.75 Å². The summed E-state index contributed by atoms with van der Waals surface area (Å²) < 4.78 is 5.54. The fourth-order valence-electron chi connectivity index (χ4n) is 1.97. The van der Waals surface area contributed by atoms with Crippen LogP contribution in [0.3, 0.4) is 0 Å². The van der Waals surface area contributed by atoms with Gasteiger partial charge in [0.25, 0.3) is 0 Å². The van der Waals surface area contributed by atoms with Crippen LogP contribution < -0.4 is 4.74 Å². The molecule has 0 saturated heterocycles. The summed E-state index contributed by atoms with van der Waals surface area (Å²) in [5.74, 6) is 0.559. The summed E-state index contributed by atoms with van der Waals surface area (Å²) in [5.41, 5.74) is 1.82. The van der Waals surface area contributed by atoms with E-state index >= 15 is 0 Å². The second-order valence-corrected chi connectivity index (χ2v) is 6.37. The lowest BCUT2D eigenvalue weighted by molar-refractivity contribution is 0.0921. The van der Waals surface area contributed by atoms with Crippen LogP contribution in [-0.2, 0) is 5.41 Å². The quantitative estimate of drug-likeness (QED) is 0.751. The Labute approximate surface area is 130 Å². The van der Waals surface area contributed by atoms with E-state index in [0.717, 1.165) is 0 Å². The van der Waals surface area contributed by atoms with E-state index in [1.807, 2.05) is 24.3 Å². The van der Waals surface area contributed by atoms with E-state index in [1.54, 1.807) is 24.3 Å². The highest BCUT2D eigenvalue weighted by atomic mass is 35.5. The highest BCUT2D eigenvalue weighted by molar-refractivity contribution is 6.34. The number of ether oxygens (including phenoxy) is 1. The average molecular weight is 303 g/mol. The Hall–Kier alpha value is -1.80. The maximum absolute atomic E-state index is 12.1. The van der Waals surface area contributed by atoms with Crippen molar-refractivity contribution in [3.63, 3.8) is 0 Å². The second-order valence-electron chi connectivity index (χ2n) is 5.97. The molecule has 0 aliphatic rings. The minimum Gasteiger partial charge on any atom is -0.485 e. The van der Waals surface area contributed by atoms with E-state index in [2.05, 4.69) is 20.8 Å². The molecule has 0 spiro atoms. The molecule has 0 unspecified atom stereocenters. The van der Waals surface area contributed by atoms with Crippen molar-refractivity contribution >= 4 is 17.4 Å². The maximum Gasteiger partial charge on any atom is 0.201 e. The molecule has 0 N–H and O–H groups in total. The molecule has 0 aromatic heterocycles. The topological polar surface area (TPSA) is 26.3 Å².